The van der Waals surface area contributed by atoms with E-state index in [2.05, 4.69) is 16.1 Å². The zero-order valence-corrected chi connectivity index (χ0v) is 12.1. The maximum absolute atomic E-state index is 5.65. The van der Waals surface area contributed by atoms with E-state index in [0.29, 0.717) is 6.54 Å². The van der Waals surface area contributed by atoms with Gasteiger partial charge in [-0.05, 0) is 25.1 Å². The Morgan fingerprint density at radius 1 is 1.35 bits per heavy atom. The molecule has 2 rings (SSSR count). The van der Waals surface area contributed by atoms with Gasteiger partial charge in [0.15, 0.2) is 0 Å². The molecular weight excluding hydrogens is 252 g/mol. The number of nitrogens with two attached hydrogens (primary N) is 1. The van der Waals surface area contributed by atoms with Crippen molar-refractivity contribution in [2.24, 2.45) is 12.8 Å². The highest BCUT2D eigenvalue weighted by atomic mass is 16.5. The lowest BCUT2D eigenvalue weighted by Crippen LogP contribution is -2.26. The third kappa shape index (κ3) is 3.51. The number of nitrogens with zero attached hydrogens (tertiary/aromatic N) is 3. The van der Waals surface area contributed by atoms with E-state index >= 15 is 0 Å². The molecule has 1 heterocycles. The minimum absolute atomic E-state index is 0.679. The van der Waals surface area contributed by atoms with Crippen LogP contribution in [0.4, 0.5) is 5.69 Å². The summed E-state index contributed by atoms with van der Waals surface area (Å²) in [7, 11) is 3.63. The van der Waals surface area contributed by atoms with Crippen LogP contribution in [0.15, 0.2) is 36.7 Å². The van der Waals surface area contributed by atoms with Crippen molar-refractivity contribution < 1.29 is 4.74 Å². The van der Waals surface area contributed by atoms with E-state index in [1.165, 1.54) is 5.56 Å². The molecule has 0 bridgehead atoms. The first-order valence-corrected chi connectivity index (χ1v) is 6.80. The number of para-hydroxylation sites is 2. The van der Waals surface area contributed by atoms with Gasteiger partial charge < -0.3 is 15.4 Å². The molecule has 1 aromatic heterocycles. The van der Waals surface area contributed by atoms with Gasteiger partial charge in [0, 0.05) is 31.9 Å². The number of ether oxygens (including phenoxy) is 1. The molecular formula is C15H22N4O. The van der Waals surface area contributed by atoms with Gasteiger partial charge in [0.25, 0.3) is 0 Å². The molecule has 0 saturated heterocycles. The minimum Gasteiger partial charge on any atom is -0.495 e. The average Bonchev–Trinajstić information content (AvgIpc) is 2.88. The fourth-order valence-corrected chi connectivity index (χ4v) is 2.23. The zero-order chi connectivity index (χ0) is 14.4. The number of methoxy groups -OCH3 is 1. The van der Waals surface area contributed by atoms with Crippen LogP contribution < -0.4 is 15.4 Å². The molecule has 5 heteroatoms. The van der Waals surface area contributed by atoms with Gasteiger partial charge in [-0.1, -0.05) is 12.1 Å². The largest absolute Gasteiger partial charge is 0.495 e. The molecule has 20 heavy (non-hydrogen) atoms. The lowest BCUT2D eigenvalue weighted by Gasteiger charge is -2.26. The van der Waals surface area contributed by atoms with E-state index in [-0.39, 0.29) is 0 Å². The van der Waals surface area contributed by atoms with Crippen molar-refractivity contribution in [3.8, 4) is 5.75 Å². The van der Waals surface area contributed by atoms with E-state index in [1.807, 2.05) is 42.3 Å². The molecule has 0 unspecified atom stereocenters. The highest BCUT2D eigenvalue weighted by molar-refractivity contribution is 5.58. The molecule has 0 aliphatic carbocycles. The second-order valence-corrected chi connectivity index (χ2v) is 4.76. The monoisotopic (exact) mass is 274 g/mol. The van der Waals surface area contributed by atoms with Crippen LogP contribution in [-0.4, -0.2) is 30.0 Å². The molecule has 1 aromatic carbocycles. The van der Waals surface area contributed by atoms with Crippen molar-refractivity contribution >= 4 is 5.69 Å². The van der Waals surface area contributed by atoms with Gasteiger partial charge in [-0.15, -0.1) is 0 Å². The predicted molar refractivity (Wildman–Crippen MR) is 80.9 cm³/mol. The van der Waals surface area contributed by atoms with Crippen LogP contribution in [0.25, 0.3) is 0 Å². The second kappa shape index (κ2) is 6.96. The Labute approximate surface area is 119 Å². The lowest BCUT2D eigenvalue weighted by atomic mass is 10.2. The van der Waals surface area contributed by atoms with Crippen LogP contribution in [0, 0.1) is 0 Å². The second-order valence-electron chi connectivity index (χ2n) is 4.76. The van der Waals surface area contributed by atoms with Crippen molar-refractivity contribution in [2.45, 2.75) is 13.0 Å². The summed E-state index contributed by atoms with van der Waals surface area (Å²) in [6.07, 6.45) is 4.87. The first-order chi connectivity index (χ1) is 9.74. The molecule has 2 N–H and O–H groups in total. The molecule has 108 valence electrons. The fourth-order valence-electron chi connectivity index (χ4n) is 2.23. The molecule has 0 aliphatic rings. The summed E-state index contributed by atoms with van der Waals surface area (Å²) >= 11 is 0. The van der Waals surface area contributed by atoms with Crippen LogP contribution in [0.1, 0.15) is 12.0 Å². The van der Waals surface area contributed by atoms with Crippen LogP contribution in [-0.2, 0) is 13.6 Å². The zero-order valence-electron chi connectivity index (χ0n) is 12.1. The maximum atomic E-state index is 5.65. The molecule has 0 amide bonds. The van der Waals surface area contributed by atoms with Crippen LogP contribution in [0.3, 0.4) is 0 Å². The van der Waals surface area contributed by atoms with Gasteiger partial charge in [0.05, 0.1) is 19.0 Å². The number of aryl methyl sites for hydroxylation is 1. The number of anilines is 1. The van der Waals surface area contributed by atoms with Crippen molar-refractivity contribution in [2.75, 3.05) is 25.1 Å². The first kappa shape index (κ1) is 14.4. The molecule has 0 aliphatic heterocycles. The number of rotatable bonds is 7. The topological polar surface area (TPSA) is 56.3 Å². The van der Waals surface area contributed by atoms with Gasteiger partial charge in [0.1, 0.15) is 5.75 Å². The number of hydrogen-bond acceptors (Lipinski definition) is 4. The Morgan fingerprint density at radius 2 is 2.15 bits per heavy atom. The van der Waals surface area contributed by atoms with Crippen molar-refractivity contribution in [3.05, 3.63) is 42.2 Å². The smallest absolute Gasteiger partial charge is 0.142 e. The third-order valence-electron chi connectivity index (χ3n) is 3.19. The number of hydrogen-bond donors (Lipinski definition) is 1. The van der Waals surface area contributed by atoms with E-state index < -0.39 is 0 Å². The highest BCUT2D eigenvalue weighted by Crippen LogP contribution is 2.28. The minimum atomic E-state index is 0.679. The molecule has 0 atom stereocenters. The van der Waals surface area contributed by atoms with E-state index in [1.54, 1.807) is 7.11 Å². The Bertz CT molecular complexity index is 538. The standard InChI is InChI=1S/C15H22N4O/c1-18-11-13(10-17-18)12-19(9-5-8-16)14-6-3-4-7-15(14)20-2/h3-4,6-7,10-11H,5,8-9,12,16H2,1-2H3. The molecule has 5 nitrogen and oxygen atoms in total. The van der Waals surface area contributed by atoms with Crippen molar-refractivity contribution in [3.63, 3.8) is 0 Å². The van der Waals surface area contributed by atoms with Crippen molar-refractivity contribution in [1.29, 1.82) is 0 Å². The number of aromatic nitrogens is 2. The summed E-state index contributed by atoms with van der Waals surface area (Å²) in [4.78, 5) is 2.28. The average molecular weight is 274 g/mol. The predicted octanol–water partition coefficient (Wildman–Crippen LogP) is 1.78. The fraction of sp³-hybridized carbons (Fsp3) is 0.400. The summed E-state index contributed by atoms with van der Waals surface area (Å²) in [5, 5.41) is 4.22. The summed E-state index contributed by atoms with van der Waals surface area (Å²) in [5.74, 6) is 0.883. The normalized spacial score (nSPS) is 10.6. The van der Waals surface area contributed by atoms with Gasteiger partial charge in [-0.2, -0.15) is 5.10 Å². The Hall–Kier alpha value is -2.01. The molecule has 0 spiro atoms. The molecule has 0 fully saturated rings. The summed E-state index contributed by atoms with van der Waals surface area (Å²) in [5.41, 5.74) is 7.91. The van der Waals surface area contributed by atoms with Crippen LogP contribution in [0.2, 0.25) is 0 Å². The summed E-state index contributed by atoms with van der Waals surface area (Å²) in [6.45, 7) is 2.37. The maximum Gasteiger partial charge on any atom is 0.142 e. The SMILES string of the molecule is COc1ccccc1N(CCCN)Cc1cnn(C)c1. The van der Waals surface area contributed by atoms with Gasteiger partial charge in [0.2, 0.25) is 0 Å². The van der Waals surface area contributed by atoms with E-state index in [0.717, 1.165) is 30.9 Å². The number of benzene rings is 1. The highest BCUT2D eigenvalue weighted by Gasteiger charge is 2.12. The van der Waals surface area contributed by atoms with Gasteiger partial charge in [-0.3, -0.25) is 4.68 Å². The molecule has 0 saturated carbocycles. The lowest BCUT2D eigenvalue weighted by molar-refractivity contribution is 0.414. The Morgan fingerprint density at radius 3 is 2.80 bits per heavy atom. The van der Waals surface area contributed by atoms with E-state index in [4.69, 9.17) is 10.5 Å². The van der Waals surface area contributed by atoms with Crippen LogP contribution in [0.5, 0.6) is 5.75 Å². The summed E-state index contributed by atoms with van der Waals surface area (Å²) in [6, 6.07) is 8.06. The van der Waals surface area contributed by atoms with Gasteiger partial charge in [-0.25, -0.2) is 0 Å². The van der Waals surface area contributed by atoms with Gasteiger partial charge >= 0.3 is 0 Å². The Balaban J connectivity index is 2.22. The van der Waals surface area contributed by atoms with E-state index in [9.17, 15) is 0 Å². The quantitative estimate of drug-likeness (QED) is 0.836. The summed E-state index contributed by atoms with van der Waals surface area (Å²) < 4.78 is 7.27. The Kier molecular flexibility index (Phi) is 5.01. The van der Waals surface area contributed by atoms with Crippen molar-refractivity contribution in [1.82, 2.24) is 9.78 Å². The molecule has 2 aromatic rings. The molecule has 0 radical (unpaired) electrons. The van der Waals surface area contributed by atoms with Crippen LogP contribution >= 0.6 is 0 Å². The first-order valence-electron chi connectivity index (χ1n) is 6.80. The third-order valence-corrected chi connectivity index (χ3v) is 3.19.